The van der Waals surface area contributed by atoms with E-state index < -0.39 is 0 Å². The van der Waals surface area contributed by atoms with Gasteiger partial charge in [-0.3, -0.25) is 4.79 Å². The number of hydrogen-bond acceptors (Lipinski definition) is 3. The Morgan fingerprint density at radius 3 is 2.53 bits per heavy atom. The number of aryl methyl sites for hydroxylation is 1. The number of carbonyl (C=O) groups is 1. The van der Waals surface area contributed by atoms with Gasteiger partial charge in [0.15, 0.2) is 0 Å². The van der Waals surface area contributed by atoms with Crippen LogP contribution in [-0.4, -0.2) is 20.1 Å². The number of esters is 1. The maximum Gasteiger partial charge on any atom is 0.308 e. The van der Waals surface area contributed by atoms with Gasteiger partial charge in [0, 0.05) is 26.7 Å². The van der Waals surface area contributed by atoms with Crippen molar-refractivity contribution >= 4 is 11.7 Å². The summed E-state index contributed by atoms with van der Waals surface area (Å²) >= 11 is 0. The van der Waals surface area contributed by atoms with Gasteiger partial charge in [0.2, 0.25) is 0 Å². The fourth-order valence-electron chi connectivity index (χ4n) is 1.51. The minimum absolute atomic E-state index is 0.283. The highest BCUT2D eigenvalue weighted by atomic mass is 16.5. The van der Waals surface area contributed by atoms with Crippen LogP contribution in [0.1, 0.15) is 19.4 Å². The molecule has 0 unspecified atom stereocenters. The summed E-state index contributed by atoms with van der Waals surface area (Å²) < 4.78 is 5.03. The average Bonchev–Trinajstić information content (AvgIpc) is 2.16. The Labute approximate surface area is 90.7 Å². The van der Waals surface area contributed by atoms with Gasteiger partial charge in [0.1, 0.15) is 5.75 Å². The molecule has 0 atom stereocenters. The van der Waals surface area contributed by atoms with Crippen LogP contribution in [0.25, 0.3) is 0 Å². The van der Waals surface area contributed by atoms with E-state index in [9.17, 15) is 4.79 Å². The van der Waals surface area contributed by atoms with Crippen molar-refractivity contribution < 1.29 is 9.53 Å². The molecule has 0 saturated carbocycles. The highest BCUT2D eigenvalue weighted by Gasteiger charge is 2.05. The van der Waals surface area contributed by atoms with Crippen molar-refractivity contribution in [2.24, 2.45) is 0 Å². The summed E-state index contributed by atoms with van der Waals surface area (Å²) in [6.45, 7) is 3.49. The van der Waals surface area contributed by atoms with E-state index in [0.29, 0.717) is 5.75 Å². The number of anilines is 1. The number of hydrogen-bond donors (Lipinski definition) is 0. The lowest BCUT2D eigenvalue weighted by molar-refractivity contribution is -0.131. The van der Waals surface area contributed by atoms with Crippen LogP contribution >= 0.6 is 0 Å². The van der Waals surface area contributed by atoms with E-state index in [0.717, 1.165) is 12.1 Å². The molecular formula is C12H17NO2. The molecular weight excluding hydrogens is 190 g/mol. The molecule has 82 valence electrons. The van der Waals surface area contributed by atoms with E-state index in [1.165, 1.54) is 12.5 Å². The SMILES string of the molecule is CCc1cc(OC(C)=O)ccc1N(C)C. The first kappa shape index (κ1) is 11.6. The molecule has 3 nitrogen and oxygen atoms in total. The first-order chi connectivity index (χ1) is 7.04. The lowest BCUT2D eigenvalue weighted by Crippen LogP contribution is -2.11. The molecule has 0 aliphatic carbocycles. The first-order valence-electron chi connectivity index (χ1n) is 5.03. The Bertz CT molecular complexity index is 359. The fraction of sp³-hybridized carbons (Fsp3) is 0.417. The van der Waals surface area contributed by atoms with Gasteiger partial charge < -0.3 is 9.64 Å². The van der Waals surface area contributed by atoms with Crippen molar-refractivity contribution in [2.45, 2.75) is 20.3 Å². The zero-order valence-corrected chi connectivity index (χ0v) is 9.70. The lowest BCUT2D eigenvalue weighted by atomic mass is 10.1. The Balaban J connectivity index is 3.02. The van der Waals surface area contributed by atoms with Gasteiger partial charge >= 0.3 is 5.97 Å². The molecule has 0 amide bonds. The Hall–Kier alpha value is -1.51. The smallest absolute Gasteiger partial charge is 0.308 e. The average molecular weight is 207 g/mol. The van der Waals surface area contributed by atoms with E-state index in [4.69, 9.17) is 4.74 Å². The van der Waals surface area contributed by atoms with Crippen molar-refractivity contribution in [3.63, 3.8) is 0 Å². The number of benzene rings is 1. The van der Waals surface area contributed by atoms with Crippen LogP contribution in [0, 0.1) is 0 Å². The van der Waals surface area contributed by atoms with Crippen LogP contribution in [-0.2, 0) is 11.2 Å². The Kier molecular flexibility index (Phi) is 3.72. The first-order valence-corrected chi connectivity index (χ1v) is 5.03. The van der Waals surface area contributed by atoms with Crippen LogP contribution in [0.15, 0.2) is 18.2 Å². The summed E-state index contributed by atoms with van der Waals surface area (Å²) in [5.41, 5.74) is 2.34. The summed E-state index contributed by atoms with van der Waals surface area (Å²) in [6.07, 6.45) is 0.919. The zero-order valence-electron chi connectivity index (χ0n) is 9.70. The molecule has 0 heterocycles. The summed E-state index contributed by atoms with van der Waals surface area (Å²) in [5.74, 6) is 0.333. The number of ether oxygens (including phenoxy) is 1. The Morgan fingerprint density at radius 2 is 2.07 bits per heavy atom. The van der Waals surface area contributed by atoms with Gasteiger partial charge in [0.05, 0.1) is 0 Å². The molecule has 3 heteroatoms. The van der Waals surface area contributed by atoms with E-state index in [-0.39, 0.29) is 5.97 Å². The maximum absolute atomic E-state index is 10.8. The minimum atomic E-state index is -0.283. The van der Waals surface area contributed by atoms with Crippen LogP contribution in [0.3, 0.4) is 0 Å². The second-order valence-corrected chi connectivity index (χ2v) is 3.63. The van der Waals surface area contributed by atoms with Gasteiger partial charge in [-0.2, -0.15) is 0 Å². The molecule has 0 bridgehead atoms. The van der Waals surface area contributed by atoms with E-state index in [2.05, 4.69) is 11.8 Å². The summed E-state index contributed by atoms with van der Waals surface area (Å²) in [5, 5.41) is 0. The van der Waals surface area contributed by atoms with Crippen LogP contribution in [0.5, 0.6) is 5.75 Å². The molecule has 0 spiro atoms. The van der Waals surface area contributed by atoms with Crippen molar-refractivity contribution in [1.29, 1.82) is 0 Å². The third-order valence-corrected chi connectivity index (χ3v) is 2.18. The predicted octanol–water partition coefficient (Wildman–Crippen LogP) is 2.24. The fourth-order valence-corrected chi connectivity index (χ4v) is 1.51. The van der Waals surface area contributed by atoms with Crippen LogP contribution in [0.4, 0.5) is 5.69 Å². The Morgan fingerprint density at radius 1 is 1.40 bits per heavy atom. The molecule has 1 aromatic rings. The lowest BCUT2D eigenvalue weighted by Gasteiger charge is -2.17. The molecule has 0 fully saturated rings. The van der Waals surface area contributed by atoms with Crippen molar-refractivity contribution in [3.8, 4) is 5.75 Å². The van der Waals surface area contributed by atoms with Gasteiger partial charge in [-0.15, -0.1) is 0 Å². The second kappa shape index (κ2) is 4.82. The monoisotopic (exact) mass is 207 g/mol. The van der Waals surface area contributed by atoms with Crippen molar-refractivity contribution in [2.75, 3.05) is 19.0 Å². The summed E-state index contributed by atoms with van der Waals surface area (Å²) in [7, 11) is 4.00. The topological polar surface area (TPSA) is 29.5 Å². The number of nitrogens with zero attached hydrogens (tertiary/aromatic N) is 1. The standard InChI is InChI=1S/C12H17NO2/c1-5-10-8-11(15-9(2)14)6-7-12(10)13(3)4/h6-8H,5H2,1-4H3. The van der Waals surface area contributed by atoms with Gasteiger partial charge in [0.25, 0.3) is 0 Å². The summed E-state index contributed by atoms with van der Waals surface area (Å²) in [6, 6.07) is 5.70. The third kappa shape index (κ3) is 2.98. The normalized spacial score (nSPS) is 9.87. The van der Waals surface area contributed by atoms with E-state index in [1.807, 2.05) is 32.3 Å². The molecule has 0 N–H and O–H groups in total. The van der Waals surface area contributed by atoms with E-state index >= 15 is 0 Å². The van der Waals surface area contributed by atoms with Crippen LogP contribution < -0.4 is 9.64 Å². The van der Waals surface area contributed by atoms with Gasteiger partial charge in [-0.05, 0) is 30.2 Å². The molecule has 0 radical (unpaired) electrons. The quantitative estimate of drug-likeness (QED) is 0.562. The minimum Gasteiger partial charge on any atom is -0.427 e. The highest BCUT2D eigenvalue weighted by Crippen LogP contribution is 2.24. The maximum atomic E-state index is 10.8. The van der Waals surface area contributed by atoms with Crippen LogP contribution in [0.2, 0.25) is 0 Å². The molecule has 0 aromatic heterocycles. The third-order valence-electron chi connectivity index (χ3n) is 2.18. The predicted molar refractivity (Wildman–Crippen MR) is 61.5 cm³/mol. The summed E-state index contributed by atoms with van der Waals surface area (Å²) in [4.78, 5) is 12.9. The molecule has 0 aliphatic rings. The molecule has 15 heavy (non-hydrogen) atoms. The molecule has 1 aromatic carbocycles. The van der Waals surface area contributed by atoms with E-state index in [1.54, 1.807) is 0 Å². The largest absolute Gasteiger partial charge is 0.427 e. The van der Waals surface area contributed by atoms with Gasteiger partial charge in [-0.1, -0.05) is 6.92 Å². The molecule has 0 aliphatic heterocycles. The number of rotatable bonds is 3. The number of carbonyl (C=O) groups excluding carboxylic acids is 1. The second-order valence-electron chi connectivity index (χ2n) is 3.63. The zero-order chi connectivity index (χ0) is 11.4. The van der Waals surface area contributed by atoms with Gasteiger partial charge in [-0.25, -0.2) is 0 Å². The molecule has 0 saturated heterocycles. The van der Waals surface area contributed by atoms with Crippen molar-refractivity contribution in [3.05, 3.63) is 23.8 Å². The van der Waals surface area contributed by atoms with Crippen molar-refractivity contribution in [1.82, 2.24) is 0 Å². The molecule has 1 rings (SSSR count). The highest BCUT2D eigenvalue weighted by molar-refractivity contribution is 5.70.